The Labute approximate surface area is 108 Å². The van der Waals surface area contributed by atoms with E-state index in [1.807, 2.05) is 20.8 Å². The number of hydrogen-bond donors (Lipinski definition) is 1. The van der Waals surface area contributed by atoms with Gasteiger partial charge in [0, 0.05) is 12.6 Å². The van der Waals surface area contributed by atoms with Crippen LogP contribution in [0.4, 0.5) is 0 Å². The maximum Gasteiger partial charge on any atom is 0.154 e. The molecule has 0 bridgehead atoms. The van der Waals surface area contributed by atoms with Crippen LogP contribution in [0.1, 0.15) is 34.4 Å². The van der Waals surface area contributed by atoms with Crippen molar-refractivity contribution >= 4 is 15.9 Å². The molecule has 0 fully saturated rings. The quantitative estimate of drug-likeness (QED) is 0.923. The summed E-state index contributed by atoms with van der Waals surface area (Å²) in [6, 6.07) is 0. The van der Waals surface area contributed by atoms with Crippen LogP contribution in [-0.4, -0.2) is 20.1 Å². The molecule has 2 rings (SSSR count). The van der Waals surface area contributed by atoms with Gasteiger partial charge >= 0.3 is 0 Å². The number of rotatable bonds is 2. The molecule has 0 radical (unpaired) electrons. The molecule has 1 atom stereocenters. The summed E-state index contributed by atoms with van der Waals surface area (Å²) in [4.78, 5) is 0. The fourth-order valence-electron chi connectivity index (χ4n) is 1.98. The zero-order chi connectivity index (χ0) is 12.7. The molecule has 92 valence electrons. The molecule has 0 aliphatic rings. The second-order valence-corrected chi connectivity index (χ2v) is 4.80. The van der Waals surface area contributed by atoms with Gasteiger partial charge in [-0.25, -0.2) is 4.68 Å². The highest BCUT2D eigenvalue weighted by atomic mass is 79.9. The molecular weight excluding hydrogens is 286 g/mol. The van der Waals surface area contributed by atoms with Gasteiger partial charge in [0.1, 0.15) is 23.3 Å². The van der Waals surface area contributed by atoms with Gasteiger partial charge in [0.2, 0.25) is 0 Å². The number of halogens is 1. The van der Waals surface area contributed by atoms with E-state index >= 15 is 0 Å². The lowest BCUT2D eigenvalue weighted by atomic mass is 10.0. The van der Waals surface area contributed by atoms with Crippen molar-refractivity contribution in [1.82, 2.24) is 15.0 Å². The van der Waals surface area contributed by atoms with Gasteiger partial charge in [-0.15, -0.1) is 5.10 Å². The van der Waals surface area contributed by atoms with E-state index in [2.05, 4.69) is 26.2 Å². The maximum absolute atomic E-state index is 10.4. The fourth-order valence-corrected chi connectivity index (χ4v) is 2.52. The maximum atomic E-state index is 10.4. The Morgan fingerprint density at radius 1 is 1.29 bits per heavy atom. The molecule has 2 aromatic rings. The summed E-state index contributed by atoms with van der Waals surface area (Å²) in [6.07, 6.45) is -0.790. The van der Waals surface area contributed by atoms with E-state index in [1.54, 1.807) is 11.7 Å². The number of furan rings is 1. The second kappa shape index (κ2) is 4.27. The monoisotopic (exact) mass is 299 g/mol. The number of aliphatic hydroxyl groups excluding tert-OH is 1. The molecule has 0 aliphatic heterocycles. The van der Waals surface area contributed by atoms with Crippen LogP contribution in [0, 0.1) is 20.8 Å². The predicted molar refractivity (Wildman–Crippen MR) is 65.7 cm³/mol. The lowest BCUT2D eigenvalue weighted by Gasteiger charge is -2.11. The largest absolute Gasteiger partial charge is 0.466 e. The number of nitrogens with zero attached hydrogens (tertiary/aromatic N) is 3. The van der Waals surface area contributed by atoms with Crippen molar-refractivity contribution in [3.8, 4) is 0 Å². The number of aromatic nitrogens is 3. The normalized spacial score (nSPS) is 13.1. The lowest BCUT2D eigenvalue weighted by Crippen LogP contribution is -2.08. The van der Waals surface area contributed by atoms with Gasteiger partial charge in [0.15, 0.2) is 4.60 Å². The summed E-state index contributed by atoms with van der Waals surface area (Å²) in [7, 11) is 1.74. The number of aliphatic hydroxyl groups is 1. The minimum atomic E-state index is -0.790. The minimum Gasteiger partial charge on any atom is -0.466 e. The third-order valence-corrected chi connectivity index (χ3v) is 3.54. The summed E-state index contributed by atoms with van der Waals surface area (Å²) in [5, 5.41) is 18.2. The van der Waals surface area contributed by atoms with E-state index < -0.39 is 6.10 Å². The SMILES string of the molecule is Cc1oc(C)c(C(O)c2c(Br)nnn2C)c1C. The molecule has 0 aromatic carbocycles. The molecule has 0 spiro atoms. The van der Waals surface area contributed by atoms with Crippen LogP contribution >= 0.6 is 15.9 Å². The third kappa shape index (κ3) is 1.91. The van der Waals surface area contributed by atoms with Crippen molar-refractivity contribution in [2.24, 2.45) is 7.05 Å². The first-order valence-electron chi connectivity index (χ1n) is 5.23. The molecule has 0 saturated carbocycles. The highest BCUT2D eigenvalue weighted by Gasteiger charge is 2.25. The smallest absolute Gasteiger partial charge is 0.154 e. The van der Waals surface area contributed by atoms with Gasteiger partial charge in [-0.2, -0.15) is 0 Å². The molecule has 0 saturated heterocycles. The first-order chi connectivity index (χ1) is 7.93. The van der Waals surface area contributed by atoms with Crippen molar-refractivity contribution in [1.29, 1.82) is 0 Å². The first kappa shape index (κ1) is 12.3. The van der Waals surface area contributed by atoms with E-state index in [9.17, 15) is 5.11 Å². The Hall–Kier alpha value is -1.14. The zero-order valence-corrected chi connectivity index (χ0v) is 11.7. The van der Waals surface area contributed by atoms with Gasteiger partial charge in [-0.3, -0.25) is 0 Å². The van der Waals surface area contributed by atoms with Crippen molar-refractivity contribution in [2.75, 3.05) is 0 Å². The third-order valence-electron chi connectivity index (χ3n) is 2.98. The highest BCUT2D eigenvalue weighted by molar-refractivity contribution is 9.10. The Morgan fingerprint density at radius 2 is 1.94 bits per heavy atom. The molecule has 5 nitrogen and oxygen atoms in total. The van der Waals surface area contributed by atoms with Crippen molar-refractivity contribution in [3.05, 3.63) is 32.9 Å². The average Bonchev–Trinajstić information content (AvgIpc) is 2.69. The molecule has 6 heteroatoms. The zero-order valence-electron chi connectivity index (χ0n) is 10.2. The van der Waals surface area contributed by atoms with Crippen LogP contribution < -0.4 is 0 Å². The molecule has 1 N–H and O–H groups in total. The van der Waals surface area contributed by atoms with Crippen molar-refractivity contribution < 1.29 is 9.52 Å². The van der Waals surface area contributed by atoms with Crippen LogP contribution in [0.2, 0.25) is 0 Å². The topological polar surface area (TPSA) is 64.1 Å². The molecule has 1 unspecified atom stereocenters. The molecule has 0 amide bonds. The van der Waals surface area contributed by atoms with E-state index in [1.165, 1.54) is 0 Å². The van der Waals surface area contributed by atoms with Gasteiger partial charge in [0.25, 0.3) is 0 Å². The van der Waals surface area contributed by atoms with E-state index in [0.717, 1.165) is 22.6 Å². The van der Waals surface area contributed by atoms with Crippen LogP contribution in [0.3, 0.4) is 0 Å². The molecule has 0 aliphatic carbocycles. The molecule has 2 heterocycles. The lowest BCUT2D eigenvalue weighted by molar-refractivity contribution is 0.206. The van der Waals surface area contributed by atoms with Crippen LogP contribution in [0.5, 0.6) is 0 Å². The Balaban J connectivity index is 2.54. The Morgan fingerprint density at radius 3 is 2.35 bits per heavy atom. The molecule has 17 heavy (non-hydrogen) atoms. The molecular formula is C11H14BrN3O2. The van der Waals surface area contributed by atoms with Gasteiger partial charge < -0.3 is 9.52 Å². The van der Waals surface area contributed by atoms with Crippen molar-refractivity contribution in [3.63, 3.8) is 0 Å². The number of aryl methyl sites for hydroxylation is 3. The van der Waals surface area contributed by atoms with Crippen LogP contribution in [0.15, 0.2) is 9.02 Å². The van der Waals surface area contributed by atoms with Crippen molar-refractivity contribution in [2.45, 2.75) is 26.9 Å². The summed E-state index contributed by atoms with van der Waals surface area (Å²) < 4.78 is 7.62. The van der Waals surface area contributed by atoms with Crippen LogP contribution in [-0.2, 0) is 7.05 Å². The summed E-state index contributed by atoms with van der Waals surface area (Å²) in [5.41, 5.74) is 2.37. The highest BCUT2D eigenvalue weighted by Crippen LogP contribution is 2.33. The fraction of sp³-hybridized carbons (Fsp3) is 0.455. The second-order valence-electron chi connectivity index (χ2n) is 4.04. The predicted octanol–water partition coefficient (Wildman–Crippen LogP) is 2.18. The Kier molecular flexibility index (Phi) is 3.09. The summed E-state index contributed by atoms with van der Waals surface area (Å²) >= 11 is 3.29. The minimum absolute atomic E-state index is 0.546. The first-order valence-corrected chi connectivity index (χ1v) is 6.02. The van der Waals surface area contributed by atoms with Gasteiger partial charge in [-0.05, 0) is 42.3 Å². The molecule has 2 aromatic heterocycles. The summed E-state index contributed by atoms with van der Waals surface area (Å²) in [6.45, 7) is 5.66. The average molecular weight is 300 g/mol. The van der Waals surface area contributed by atoms with E-state index in [-0.39, 0.29) is 0 Å². The standard InChI is InChI=1S/C11H14BrN3O2/c1-5-6(2)17-7(3)8(5)10(16)9-11(12)13-14-15(9)4/h10,16H,1-4H3. The van der Waals surface area contributed by atoms with E-state index in [0.29, 0.717) is 10.3 Å². The van der Waals surface area contributed by atoms with E-state index in [4.69, 9.17) is 4.42 Å². The summed E-state index contributed by atoms with van der Waals surface area (Å²) in [5.74, 6) is 1.54. The number of hydrogen-bond acceptors (Lipinski definition) is 4. The Bertz CT molecular complexity index is 540. The van der Waals surface area contributed by atoms with Gasteiger partial charge in [0.05, 0.1) is 0 Å². The van der Waals surface area contributed by atoms with Crippen LogP contribution in [0.25, 0.3) is 0 Å². The van der Waals surface area contributed by atoms with Gasteiger partial charge in [-0.1, -0.05) is 5.21 Å².